The lowest BCUT2D eigenvalue weighted by molar-refractivity contribution is -0.123. The van der Waals surface area contributed by atoms with Crippen LogP contribution in [0.2, 0.25) is 0 Å². The summed E-state index contributed by atoms with van der Waals surface area (Å²) in [7, 11) is 0. The van der Waals surface area contributed by atoms with Crippen LogP contribution in [0.15, 0.2) is 47.7 Å². The zero-order valence-corrected chi connectivity index (χ0v) is 21.2. The number of nitrogens with two attached hydrogens (primary N) is 1. The number of rotatable bonds is 10. The summed E-state index contributed by atoms with van der Waals surface area (Å²) in [6.45, 7) is 7.27. The second-order valence-corrected chi connectivity index (χ2v) is 7.95. The maximum absolute atomic E-state index is 11.4. The predicted molar refractivity (Wildman–Crippen MR) is 140 cm³/mol. The Hall–Kier alpha value is -2.14. The van der Waals surface area contributed by atoms with Gasteiger partial charge >= 0.3 is 0 Å². The van der Waals surface area contributed by atoms with Crippen molar-refractivity contribution in [2.45, 2.75) is 32.6 Å². The number of carbonyl (C=O) groups excluding carboxylic acids is 1. The van der Waals surface area contributed by atoms with E-state index >= 15 is 0 Å². The summed E-state index contributed by atoms with van der Waals surface area (Å²) in [6.07, 6.45) is 7.58. The molecule has 1 aliphatic heterocycles. The average molecular weight is 553 g/mol. The first-order valence-electron chi connectivity index (χ1n) is 11.3. The zero-order chi connectivity index (χ0) is 21.9. The Morgan fingerprint density at radius 3 is 2.78 bits per heavy atom. The van der Waals surface area contributed by atoms with E-state index < -0.39 is 0 Å². The minimum absolute atomic E-state index is 0. The molecule has 0 aliphatic carbocycles. The number of guanidine groups is 1. The van der Waals surface area contributed by atoms with Crippen LogP contribution in [-0.2, 0) is 11.2 Å². The smallest absolute Gasteiger partial charge is 0.221 e. The molecule has 9 heteroatoms. The Kier molecular flexibility index (Phi) is 11.5. The highest BCUT2D eigenvalue weighted by Crippen LogP contribution is 2.16. The van der Waals surface area contributed by atoms with E-state index in [9.17, 15) is 4.79 Å². The SMILES string of the molecule is CCNC(=NCCCN1CCCC(C(N)=O)C1)NCCc1ccc(-n2cccn2)cc1.I. The van der Waals surface area contributed by atoms with Crippen molar-refractivity contribution < 1.29 is 4.79 Å². The van der Waals surface area contributed by atoms with Crippen LogP contribution in [0.3, 0.4) is 0 Å². The lowest BCUT2D eigenvalue weighted by atomic mass is 9.97. The Labute approximate surface area is 208 Å². The molecule has 1 unspecified atom stereocenters. The molecule has 0 radical (unpaired) electrons. The maximum Gasteiger partial charge on any atom is 0.221 e. The first kappa shape index (κ1) is 26.1. The number of nitrogens with zero attached hydrogens (tertiary/aromatic N) is 4. The van der Waals surface area contributed by atoms with E-state index in [-0.39, 0.29) is 35.8 Å². The van der Waals surface area contributed by atoms with Crippen LogP contribution < -0.4 is 16.4 Å². The van der Waals surface area contributed by atoms with Crippen molar-refractivity contribution in [2.24, 2.45) is 16.6 Å². The molecule has 2 aromatic rings. The molecule has 1 fully saturated rings. The van der Waals surface area contributed by atoms with Crippen LogP contribution in [0.4, 0.5) is 0 Å². The molecule has 8 nitrogen and oxygen atoms in total. The number of aromatic nitrogens is 2. The molecule has 176 valence electrons. The molecule has 2 heterocycles. The van der Waals surface area contributed by atoms with E-state index in [1.165, 1.54) is 5.56 Å². The standard InChI is InChI=1S/C23H35N7O.HI/c1-2-25-23(26-12-4-16-29-15-3-6-20(18-29)22(24)31)27-14-11-19-7-9-21(10-8-19)30-17-5-13-28-30;/h5,7-10,13,17,20H,2-4,6,11-12,14-16,18H2,1H3,(H2,24,31)(H2,25,26,27);1H. The number of hydrogen-bond donors (Lipinski definition) is 3. The number of halogens is 1. The van der Waals surface area contributed by atoms with E-state index in [0.717, 1.165) is 76.6 Å². The Morgan fingerprint density at radius 1 is 1.28 bits per heavy atom. The number of amides is 1. The molecule has 0 bridgehead atoms. The first-order chi connectivity index (χ1) is 15.2. The van der Waals surface area contributed by atoms with Crippen LogP contribution in [0.5, 0.6) is 0 Å². The van der Waals surface area contributed by atoms with Crippen molar-refractivity contribution in [2.75, 3.05) is 39.3 Å². The summed E-state index contributed by atoms with van der Waals surface area (Å²) in [5.41, 5.74) is 7.80. The van der Waals surface area contributed by atoms with Crippen molar-refractivity contribution in [1.29, 1.82) is 0 Å². The third-order valence-electron chi connectivity index (χ3n) is 5.57. The van der Waals surface area contributed by atoms with Crippen LogP contribution >= 0.6 is 24.0 Å². The van der Waals surface area contributed by atoms with E-state index in [1.54, 1.807) is 6.20 Å². The topological polar surface area (TPSA) is 101 Å². The van der Waals surface area contributed by atoms with E-state index in [2.05, 4.69) is 51.8 Å². The van der Waals surface area contributed by atoms with Gasteiger partial charge in [0, 0.05) is 38.6 Å². The number of likely N-dealkylation sites (tertiary alicyclic amines) is 1. The number of primary amides is 1. The molecule has 1 saturated heterocycles. The molecule has 3 rings (SSSR count). The third kappa shape index (κ3) is 8.42. The van der Waals surface area contributed by atoms with Crippen molar-refractivity contribution >= 4 is 35.8 Å². The van der Waals surface area contributed by atoms with Crippen LogP contribution in [0.1, 0.15) is 31.7 Å². The van der Waals surface area contributed by atoms with Gasteiger partial charge in [-0.15, -0.1) is 24.0 Å². The maximum atomic E-state index is 11.4. The lowest BCUT2D eigenvalue weighted by Crippen LogP contribution is -2.41. The minimum atomic E-state index is -0.169. The highest BCUT2D eigenvalue weighted by atomic mass is 127. The lowest BCUT2D eigenvalue weighted by Gasteiger charge is -2.30. The van der Waals surface area contributed by atoms with Crippen molar-refractivity contribution in [3.05, 3.63) is 48.3 Å². The summed E-state index contributed by atoms with van der Waals surface area (Å²) >= 11 is 0. The van der Waals surface area contributed by atoms with Gasteiger partial charge in [-0.25, -0.2) is 4.68 Å². The molecular formula is C23H36IN7O. The Bertz CT molecular complexity index is 823. The molecule has 1 aromatic heterocycles. The molecule has 0 saturated carbocycles. The summed E-state index contributed by atoms with van der Waals surface area (Å²) in [6, 6.07) is 10.4. The molecule has 1 atom stereocenters. The van der Waals surface area contributed by atoms with Gasteiger partial charge in [0.2, 0.25) is 5.91 Å². The second-order valence-electron chi connectivity index (χ2n) is 7.95. The quantitative estimate of drug-likeness (QED) is 0.181. The van der Waals surface area contributed by atoms with Gasteiger partial charge in [-0.2, -0.15) is 5.10 Å². The highest BCUT2D eigenvalue weighted by molar-refractivity contribution is 14.0. The van der Waals surface area contributed by atoms with Gasteiger partial charge in [0.1, 0.15) is 0 Å². The molecule has 1 aliphatic rings. The van der Waals surface area contributed by atoms with Gasteiger partial charge in [0.15, 0.2) is 5.96 Å². The van der Waals surface area contributed by atoms with Gasteiger partial charge in [-0.3, -0.25) is 9.79 Å². The van der Waals surface area contributed by atoms with Crippen LogP contribution in [0.25, 0.3) is 5.69 Å². The number of piperidine rings is 1. The predicted octanol–water partition coefficient (Wildman–Crippen LogP) is 2.18. The van der Waals surface area contributed by atoms with E-state index in [4.69, 9.17) is 10.7 Å². The normalized spacial score (nSPS) is 16.9. The molecular weight excluding hydrogens is 517 g/mol. The Balaban J connectivity index is 0.00000363. The number of nitrogens with one attached hydrogen (secondary N) is 2. The van der Waals surface area contributed by atoms with Gasteiger partial charge < -0.3 is 21.3 Å². The van der Waals surface area contributed by atoms with Crippen molar-refractivity contribution in [3.8, 4) is 5.69 Å². The Morgan fingerprint density at radius 2 is 2.09 bits per heavy atom. The van der Waals surface area contributed by atoms with Crippen molar-refractivity contribution in [3.63, 3.8) is 0 Å². The van der Waals surface area contributed by atoms with Crippen LogP contribution in [-0.4, -0.2) is 65.8 Å². The minimum Gasteiger partial charge on any atom is -0.369 e. The van der Waals surface area contributed by atoms with Crippen LogP contribution in [0, 0.1) is 5.92 Å². The number of hydrogen-bond acceptors (Lipinski definition) is 4. The van der Waals surface area contributed by atoms with Gasteiger partial charge in [0.05, 0.1) is 11.6 Å². The largest absolute Gasteiger partial charge is 0.369 e. The van der Waals surface area contributed by atoms with Crippen molar-refractivity contribution in [1.82, 2.24) is 25.3 Å². The third-order valence-corrected chi connectivity index (χ3v) is 5.57. The summed E-state index contributed by atoms with van der Waals surface area (Å²) in [4.78, 5) is 18.4. The summed E-state index contributed by atoms with van der Waals surface area (Å²) in [5.74, 6) is 0.687. The molecule has 4 N–H and O–H groups in total. The second kappa shape index (κ2) is 14.1. The van der Waals surface area contributed by atoms with E-state index in [0.29, 0.717) is 0 Å². The fourth-order valence-corrected chi connectivity index (χ4v) is 3.88. The summed E-state index contributed by atoms with van der Waals surface area (Å²) in [5, 5.41) is 11.0. The number of carbonyl (C=O) groups is 1. The fraction of sp³-hybridized carbons (Fsp3) is 0.522. The number of aliphatic imine (C=N–C) groups is 1. The van der Waals surface area contributed by atoms with E-state index in [1.807, 2.05) is 16.9 Å². The molecule has 0 spiro atoms. The van der Waals surface area contributed by atoms with Gasteiger partial charge in [-0.05, 0) is 69.5 Å². The summed E-state index contributed by atoms with van der Waals surface area (Å²) < 4.78 is 1.86. The molecule has 1 aromatic carbocycles. The molecule has 1 amide bonds. The van der Waals surface area contributed by atoms with Gasteiger partial charge in [0.25, 0.3) is 0 Å². The average Bonchev–Trinajstić information content (AvgIpc) is 3.32. The first-order valence-corrected chi connectivity index (χ1v) is 11.3. The highest BCUT2D eigenvalue weighted by Gasteiger charge is 2.23. The number of benzene rings is 1. The fourth-order valence-electron chi connectivity index (χ4n) is 3.88. The van der Waals surface area contributed by atoms with Gasteiger partial charge in [-0.1, -0.05) is 12.1 Å². The zero-order valence-electron chi connectivity index (χ0n) is 18.9. The molecule has 32 heavy (non-hydrogen) atoms. The monoisotopic (exact) mass is 553 g/mol.